The summed E-state index contributed by atoms with van der Waals surface area (Å²) in [7, 11) is -4.95. The minimum Gasteiger partial charge on any atom is -0.324 e. The molecule has 0 atom stereocenters. The van der Waals surface area contributed by atoms with E-state index in [9.17, 15) is 9.13 Å². The van der Waals surface area contributed by atoms with Gasteiger partial charge in [0.2, 0.25) is 0 Å². The van der Waals surface area contributed by atoms with E-state index in [2.05, 4.69) is 20.8 Å². The maximum Gasteiger partial charge on any atom is 0.474 e. The first kappa shape index (κ1) is 24.6. The van der Waals surface area contributed by atoms with Gasteiger partial charge in [0.1, 0.15) is 0 Å². The van der Waals surface area contributed by atoms with Crippen LogP contribution >= 0.6 is 15.0 Å². The van der Waals surface area contributed by atoms with Crippen molar-refractivity contribution >= 4 is 15.0 Å². The van der Waals surface area contributed by atoms with Crippen LogP contribution in [-0.2, 0) is 22.7 Å². The highest BCUT2D eigenvalue weighted by Gasteiger charge is 2.25. The first-order chi connectivity index (χ1) is 10.2. The van der Waals surface area contributed by atoms with E-state index in [0.717, 1.165) is 38.5 Å². The molecule has 0 unspecified atom stereocenters. The van der Waals surface area contributed by atoms with Gasteiger partial charge in [-0.1, -0.05) is 40.0 Å². The first-order valence-electron chi connectivity index (χ1n) is 8.24. The van der Waals surface area contributed by atoms with Crippen molar-refractivity contribution in [2.24, 2.45) is 0 Å². The Labute approximate surface area is 137 Å². The molecule has 136 valence electrons. The van der Waals surface area contributed by atoms with Crippen LogP contribution < -0.4 is 0 Å². The Balaban J connectivity index is 0. The summed E-state index contributed by atoms with van der Waals surface area (Å²) in [5.41, 5.74) is 0. The molecule has 0 aromatic heterocycles. The molecular formula is C15H36O5P2. The van der Waals surface area contributed by atoms with Gasteiger partial charge in [0, 0.05) is 0 Å². The molecule has 22 heavy (non-hydrogen) atoms. The minimum absolute atomic E-state index is 0.437. The molecule has 7 heteroatoms. The lowest BCUT2D eigenvalue weighted by Gasteiger charge is -2.17. The molecule has 0 rings (SSSR count). The van der Waals surface area contributed by atoms with Crippen LogP contribution in [0.4, 0.5) is 0 Å². The predicted molar refractivity (Wildman–Crippen MR) is 95.6 cm³/mol. The van der Waals surface area contributed by atoms with Crippen molar-refractivity contribution < 1.29 is 22.7 Å². The second kappa shape index (κ2) is 14.9. The largest absolute Gasteiger partial charge is 0.474 e. The highest BCUT2D eigenvalue weighted by Crippen LogP contribution is 2.49. The van der Waals surface area contributed by atoms with E-state index in [1.54, 1.807) is 20.0 Å². The lowest BCUT2D eigenvalue weighted by molar-refractivity contribution is 0.110. The summed E-state index contributed by atoms with van der Waals surface area (Å²) < 4.78 is 38.2. The van der Waals surface area contributed by atoms with Gasteiger partial charge in [0.15, 0.2) is 0 Å². The van der Waals surface area contributed by atoms with Gasteiger partial charge in [-0.15, -0.1) is 0 Å². The topological polar surface area (TPSA) is 61.8 Å². The molecular weight excluding hydrogens is 322 g/mol. The van der Waals surface area contributed by atoms with Crippen LogP contribution in [-0.4, -0.2) is 39.8 Å². The van der Waals surface area contributed by atoms with Crippen LogP contribution in [0.15, 0.2) is 0 Å². The third kappa shape index (κ3) is 22.6. The molecule has 0 N–H and O–H groups in total. The van der Waals surface area contributed by atoms with Crippen molar-refractivity contribution in [3.05, 3.63) is 0 Å². The smallest absolute Gasteiger partial charge is 0.324 e. The zero-order chi connectivity index (χ0) is 17.5. The maximum atomic E-state index is 12.2. The quantitative estimate of drug-likeness (QED) is 0.327. The third-order valence-electron chi connectivity index (χ3n) is 2.24. The molecule has 0 aromatic rings. The second-order valence-corrected chi connectivity index (χ2v) is 11.3. The SMILES string of the molecule is CCCCOP(=O)(OCCCC)OCCCC.CP(C)(C)=O. The van der Waals surface area contributed by atoms with Gasteiger partial charge in [-0.25, -0.2) is 4.57 Å². The molecule has 5 nitrogen and oxygen atoms in total. The molecule has 0 fully saturated rings. The second-order valence-electron chi connectivity index (χ2n) is 5.90. The van der Waals surface area contributed by atoms with Crippen LogP contribution in [0, 0.1) is 0 Å². The average molecular weight is 358 g/mol. The van der Waals surface area contributed by atoms with Crippen molar-refractivity contribution in [2.45, 2.75) is 59.3 Å². The summed E-state index contributed by atoms with van der Waals surface area (Å²) in [5, 5.41) is 0. The average Bonchev–Trinajstić information content (AvgIpc) is 2.38. The molecule has 0 aliphatic heterocycles. The van der Waals surface area contributed by atoms with Crippen molar-refractivity contribution in [3.8, 4) is 0 Å². The summed E-state index contributed by atoms with van der Waals surface area (Å²) in [6, 6.07) is 0. The Hall–Kier alpha value is 0.340. The highest BCUT2D eigenvalue weighted by atomic mass is 31.2. The van der Waals surface area contributed by atoms with Crippen molar-refractivity contribution in [2.75, 3.05) is 39.8 Å². The first-order valence-corrected chi connectivity index (χ1v) is 12.8. The number of hydrogen-bond donors (Lipinski definition) is 0. The number of phosphoric ester groups is 1. The summed E-state index contributed by atoms with van der Waals surface area (Å²) in [4.78, 5) is 0. The van der Waals surface area contributed by atoms with E-state index in [1.165, 1.54) is 0 Å². The van der Waals surface area contributed by atoms with Crippen molar-refractivity contribution in [3.63, 3.8) is 0 Å². The molecule has 0 spiro atoms. The molecule has 0 radical (unpaired) electrons. The Morgan fingerprint density at radius 3 is 1.05 bits per heavy atom. The normalized spacial score (nSPS) is 11.9. The fourth-order valence-corrected chi connectivity index (χ4v) is 2.36. The summed E-state index contributed by atoms with van der Waals surface area (Å²) in [5.74, 6) is 0. The molecule has 0 aliphatic carbocycles. The Kier molecular flexibility index (Phi) is 16.7. The van der Waals surface area contributed by atoms with Crippen LogP contribution in [0.3, 0.4) is 0 Å². The Bertz CT molecular complexity index is 286. The monoisotopic (exact) mass is 358 g/mol. The molecule has 0 saturated carbocycles. The van der Waals surface area contributed by atoms with Crippen LogP contribution in [0.25, 0.3) is 0 Å². The molecule has 0 heterocycles. The van der Waals surface area contributed by atoms with E-state index in [-0.39, 0.29) is 0 Å². The Morgan fingerprint density at radius 2 is 0.864 bits per heavy atom. The number of hydrogen-bond acceptors (Lipinski definition) is 5. The minimum atomic E-state index is -3.31. The van der Waals surface area contributed by atoms with Gasteiger partial charge in [0.05, 0.1) is 27.0 Å². The maximum absolute atomic E-state index is 12.2. The zero-order valence-electron chi connectivity index (χ0n) is 15.3. The van der Waals surface area contributed by atoms with Crippen LogP contribution in [0.5, 0.6) is 0 Å². The van der Waals surface area contributed by atoms with Crippen molar-refractivity contribution in [1.29, 1.82) is 0 Å². The van der Waals surface area contributed by atoms with E-state index < -0.39 is 15.0 Å². The highest BCUT2D eigenvalue weighted by molar-refractivity contribution is 7.61. The summed E-state index contributed by atoms with van der Waals surface area (Å²) in [6.45, 7) is 12.7. The van der Waals surface area contributed by atoms with E-state index in [0.29, 0.717) is 19.8 Å². The molecule has 0 amide bonds. The third-order valence-corrected chi connectivity index (χ3v) is 3.74. The van der Waals surface area contributed by atoms with E-state index in [1.807, 2.05) is 0 Å². The predicted octanol–water partition coefficient (Wildman–Crippen LogP) is 5.78. The molecule has 0 aliphatic rings. The van der Waals surface area contributed by atoms with E-state index in [4.69, 9.17) is 13.6 Å². The lowest BCUT2D eigenvalue weighted by Crippen LogP contribution is -2.03. The lowest BCUT2D eigenvalue weighted by atomic mass is 10.4. The number of rotatable bonds is 12. The molecule has 0 bridgehead atoms. The van der Waals surface area contributed by atoms with Crippen molar-refractivity contribution in [1.82, 2.24) is 0 Å². The fraction of sp³-hybridized carbons (Fsp3) is 1.00. The van der Waals surface area contributed by atoms with Gasteiger partial charge in [0.25, 0.3) is 0 Å². The van der Waals surface area contributed by atoms with Gasteiger partial charge < -0.3 is 4.57 Å². The fourth-order valence-electron chi connectivity index (χ4n) is 1.07. The number of unbranched alkanes of at least 4 members (excludes halogenated alkanes) is 3. The van der Waals surface area contributed by atoms with Crippen LogP contribution in [0.1, 0.15) is 59.3 Å². The standard InChI is InChI=1S/C12H27O4P.C3H9OP/c1-4-7-10-14-17(13,15-11-8-5-2)16-12-9-6-3;1-5(2,3)4/h4-12H2,1-3H3;1-3H3. The van der Waals surface area contributed by atoms with Gasteiger partial charge in [-0.3, -0.25) is 13.6 Å². The molecule has 0 saturated heterocycles. The van der Waals surface area contributed by atoms with Gasteiger partial charge in [-0.05, 0) is 39.3 Å². The van der Waals surface area contributed by atoms with E-state index >= 15 is 0 Å². The zero-order valence-corrected chi connectivity index (χ0v) is 17.1. The summed E-state index contributed by atoms with van der Waals surface area (Å²) >= 11 is 0. The van der Waals surface area contributed by atoms with Crippen LogP contribution in [0.2, 0.25) is 0 Å². The van der Waals surface area contributed by atoms with Gasteiger partial charge in [-0.2, -0.15) is 0 Å². The summed E-state index contributed by atoms with van der Waals surface area (Å²) in [6.07, 6.45) is 5.63. The van der Waals surface area contributed by atoms with Gasteiger partial charge >= 0.3 is 7.82 Å². The number of phosphoric acid groups is 1. The Morgan fingerprint density at radius 1 is 0.636 bits per heavy atom. The molecule has 0 aromatic carbocycles.